The first-order chi connectivity index (χ1) is 8.34. The van der Waals surface area contributed by atoms with Gasteiger partial charge in [0.2, 0.25) is 9.84 Å². The van der Waals surface area contributed by atoms with Gasteiger partial charge in [-0.3, -0.25) is 4.57 Å². The molecule has 0 spiro atoms. The van der Waals surface area contributed by atoms with Crippen LogP contribution in [0.1, 0.15) is 5.56 Å². The zero-order valence-corrected chi connectivity index (χ0v) is 11.2. The highest BCUT2D eigenvalue weighted by Crippen LogP contribution is 2.19. The van der Waals surface area contributed by atoms with Crippen LogP contribution in [-0.4, -0.2) is 17.6 Å². The van der Waals surface area contributed by atoms with Gasteiger partial charge in [0.25, 0.3) is 0 Å². The largest absolute Gasteiger partial charge is 0.328 e. The summed E-state index contributed by atoms with van der Waals surface area (Å²) in [5, 5.41) is -0.00106. The fourth-order valence-corrected chi connectivity index (χ4v) is 3.20. The second-order valence-corrected chi connectivity index (χ2v) is 6.13. The first kappa shape index (κ1) is 12.6. The SMILES string of the molecule is Cc1ccc(S(=O)(=O)c2cn(C)c(=O)n2C)cc1. The summed E-state index contributed by atoms with van der Waals surface area (Å²) in [7, 11) is -0.674. The topological polar surface area (TPSA) is 61.1 Å². The van der Waals surface area contributed by atoms with E-state index in [1.807, 2.05) is 6.92 Å². The second-order valence-electron chi connectivity index (χ2n) is 4.24. The third kappa shape index (κ3) is 1.88. The first-order valence-electron chi connectivity index (χ1n) is 5.38. The number of rotatable bonds is 2. The molecular weight excluding hydrogens is 252 g/mol. The number of aryl methyl sites for hydroxylation is 2. The molecule has 18 heavy (non-hydrogen) atoms. The van der Waals surface area contributed by atoms with E-state index in [2.05, 4.69) is 0 Å². The quantitative estimate of drug-likeness (QED) is 0.810. The van der Waals surface area contributed by atoms with E-state index in [1.54, 1.807) is 24.3 Å². The van der Waals surface area contributed by atoms with Gasteiger partial charge < -0.3 is 4.57 Å². The van der Waals surface area contributed by atoms with Gasteiger partial charge in [-0.1, -0.05) is 17.7 Å². The zero-order valence-electron chi connectivity index (χ0n) is 10.4. The summed E-state index contributed by atoms with van der Waals surface area (Å²) in [6.07, 6.45) is 1.33. The van der Waals surface area contributed by atoms with Gasteiger partial charge in [0.1, 0.15) is 0 Å². The third-order valence-electron chi connectivity index (χ3n) is 2.83. The van der Waals surface area contributed by atoms with Crippen molar-refractivity contribution in [3.63, 3.8) is 0 Å². The van der Waals surface area contributed by atoms with Gasteiger partial charge in [0, 0.05) is 20.3 Å². The van der Waals surface area contributed by atoms with Crippen LogP contribution >= 0.6 is 0 Å². The van der Waals surface area contributed by atoms with Crippen LogP contribution in [0.4, 0.5) is 0 Å². The minimum atomic E-state index is -3.65. The van der Waals surface area contributed by atoms with Crippen LogP contribution in [-0.2, 0) is 23.9 Å². The summed E-state index contributed by atoms with van der Waals surface area (Å²) in [5.41, 5.74) is 0.622. The molecule has 2 rings (SSSR count). The molecule has 0 fully saturated rings. The third-order valence-corrected chi connectivity index (χ3v) is 4.65. The molecule has 0 radical (unpaired) electrons. The smallest absolute Gasteiger partial charge is 0.301 e. The average Bonchev–Trinajstić information content (AvgIpc) is 2.58. The average molecular weight is 266 g/mol. The van der Waals surface area contributed by atoms with E-state index in [9.17, 15) is 13.2 Å². The standard InChI is InChI=1S/C12H14N2O3S/c1-9-4-6-10(7-5-9)18(16,17)11-8-13(2)12(15)14(11)3/h4-8H,1-3H3. The Labute approximate surface area is 105 Å². The molecule has 0 unspecified atom stereocenters. The van der Waals surface area contributed by atoms with Crippen LogP contribution in [0.5, 0.6) is 0 Å². The highest BCUT2D eigenvalue weighted by atomic mass is 32.2. The fraction of sp³-hybridized carbons (Fsp3) is 0.250. The Morgan fingerprint density at radius 1 is 1.06 bits per heavy atom. The lowest BCUT2D eigenvalue weighted by Crippen LogP contribution is -2.21. The molecule has 0 aliphatic heterocycles. The predicted molar refractivity (Wildman–Crippen MR) is 67.3 cm³/mol. The van der Waals surface area contributed by atoms with Gasteiger partial charge in [0.05, 0.1) is 4.90 Å². The molecule has 0 aliphatic carbocycles. The minimum Gasteiger partial charge on any atom is -0.301 e. The molecule has 0 atom stereocenters. The molecule has 96 valence electrons. The molecule has 0 aliphatic rings. The Hall–Kier alpha value is -1.82. The van der Waals surface area contributed by atoms with Crippen molar-refractivity contribution >= 4 is 9.84 Å². The maximum atomic E-state index is 12.4. The monoisotopic (exact) mass is 266 g/mol. The fourth-order valence-electron chi connectivity index (χ4n) is 1.73. The highest BCUT2D eigenvalue weighted by Gasteiger charge is 2.22. The van der Waals surface area contributed by atoms with Crippen molar-refractivity contribution in [3.8, 4) is 0 Å². The maximum Gasteiger partial charge on any atom is 0.328 e. The molecule has 1 heterocycles. The van der Waals surface area contributed by atoms with E-state index in [0.717, 1.165) is 10.1 Å². The van der Waals surface area contributed by atoms with Gasteiger partial charge in [-0.25, -0.2) is 13.2 Å². The Morgan fingerprint density at radius 3 is 2.06 bits per heavy atom. The summed E-state index contributed by atoms with van der Waals surface area (Å²) in [6.45, 7) is 1.88. The number of nitrogens with zero attached hydrogens (tertiary/aromatic N) is 2. The van der Waals surface area contributed by atoms with Crippen LogP contribution in [0.15, 0.2) is 45.2 Å². The molecule has 1 aromatic carbocycles. The normalized spacial score (nSPS) is 11.7. The van der Waals surface area contributed by atoms with Gasteiger partial charge >= 0.3 is 5.69 Å². The predicted octanol–water partition coefficient (Wildman–Crippen LogP) is 0.865. The Morgan fingerprint density at radius 2 is 1.61 bits per heavy atom. The van der Waals surface area contributed by atoms with Crippen LogP contribution < -0.4 is 5.69 Å². The molecule has 0 bridgehead atoms. The zero-order chi connectivity index (χ0) is 13.5. The number of sulfone groups is 1. The van der Waals surface area contributed by atoms with Crippen molar-refractivity contribution in [2.75, 3.05) is 0 Å². The molecule has 6 heteroatoms. The number of hydrogen-bond acceptors (Lipinski definition) is 3. The lowest BCUT2D eigenvalue weighted by Gasteiger charge is -2.04. The van der Waals surface area contributed by atoms with E-state index in [4.69, 9.17) is 0 Å². The molecule has 1 aromatic heterocycles. The minimum absolute atomic E-state index is 0.00106. The Kier molecular flexibility index (Phi) is 2.90. The Balaban J connectivity index is 2.65. The van der Waals surface area contributed by atoms with Gasteiger partial charge in [-0.05, 0) is 19.1 Å². The molecule has 0 saturated heterocycles. The first-order valence-corrected chi connectivity index (χ1v) is 6.86. The summed E-state index contributed by atoms with van der Waals surface area (Å²) in [6, 6.07) is 6.55. The van der Waals surface area contributed by atoms with E-state index in [-0.39, 0.29) is 15.6 Å². The molecule has 5 nitrogen and oxygen atoms in total. The van der Waals surface area contributed by atoms with Gasteiger partial charge in [-0.15, -0.1) is 0 Å². The summed E-state index contributed by atoms with van der Waals surface area (Å²) >= 11 is 0. The van der Waals surface area contributed by atoms with E-state index in [0.29, 0.717) is 0 Å². The lowest BCUT2D eigenvalue weighted by molar-refractivity contribution is 0.584. The number of imidazole rings is 1. The van der Waals surface area contributed by atoms with Crippen molar-refractivity contribution in [1.29, 1.82) is 0 Å². The summed E-state index contributed by atoms with van der Waals surface area (Å²) < 4.78 is 27.1. The van der Waals surface area contributed by atoms with Crippen molar-refractivity contribution < 1.29 is 8.42 Å². The maximum absolute atomic E-state index is 12.4. The van der Waals surface area contributed by atoms with Crippen LogP contribution in [0, 0.1) is 6.92 Å². The second kappa shape index (κ2) is 4.13. The van der Waals surface area contributed by atoms with Gasteiger partial charge in [-0.2, -0.15) is 0 Å². The van der Waals surface area contributed by atoms with Crippen molar-refractivity contribution in [3.05, 3.63) is 46.5 Å². The molecule has 0 saturated carbocycles. The number of hydrogen-bond donors (Lipinski definition) is 0. The molecular formula is C12H14N2O3S. The molecule has 0 amide bonds. The van der Waals surface area contributed by atoms with E-state index in [1.165, 1.54) is 24.9 Å². The van der Waals surface area contributed by atoms with Crippen LogP contribution in [0.3, 0.4) is 0 Å². The molecule has 2 aromatic rings. The van der Waals surface area contributed by atoms with Crippen molar-refractivity contribution in [1.82, 2.24) is 9.13 Å². The van der Waals surface area contributed by atoms with Gasteiger partial charge in [0.15, 0.2) is 5.03 Å². The van der Waals surface area contributed by atoms with E-state index < -0.39 is 9.84 Å². The van der Waals surface area contributed by atoms with Crippen LogP contribution in [0.2, 0.25) is 0 Å². The van der Waals surface area contributed by atoms with Crippen LogP contribution in [0.25, 0.3) is 0 Å². The number of aromatic nitrogens is 2. The summed E-state index contributed by atoms with van der Waals surface area (Å²) in [4.78, 5) is 11.8. The van der Waals surface area contributed by atoms with Crippen molar-refractivity contribution in [2.24, 2.45) is 14.1 Å². The molecule has 0 N–H and O–H groups in total. The summed E-state index contributed by atoms with van der Waals surface area (Å²) in [5.74, 6) is 0. The number of benzene rings is 1. The van der Waals surface area contributed by atoms with Crippen molar-refractivity contribution in [2.45, 2.75) is 16.8 Å². The Bertz CT molecular complexity index is 737. The van der Waals surface area contributed by atoms with E-state index >= 15 is 0 Å². The lowest BCUT2D eigenvalue weighted by atomic mass is 10.2. The highest BCUT2D eigenvalue weighted by molar-refractivity contribution is 7.91.